The van der Waals surface area contributed by atoms with E-state index in [4.69, 9.17) is 9.97 Å². The van der Waals surface area contributed by atoms with Crippen LogP contribution in [0.4, 0.5) is 17.5 Å². The van der Waals surface area contributed by atoms with E-state index in [2.05, 4.69) is 26.0 Å². The van der Waals surface area contributed by atoms with Crippen LogP contribution < -0.4 is 10.6 Å². The van der Waals surface area contributed by atoms with Gasteiger partial charge in [0.15, 0.2) is 5.82 Å². The van der Waals surface area contributed by atoms with Crippen LogP contribution in [0.1, 0.15) is 38.3 Å². The second-order valence-electron chi connectivity index (χ2n) is 8.07. The molecule has 30 heavy (non-hydrogen) atoms. The van der Waals surface area contributed by atoms with Gasteiger partial charge in [-0.3, -0.25) is 4.98 Å². The number of azo groups is 1. The van der Waals surface area contributed by atoms with Gasteiger partial charge in [-0.15, -0.1) is 5.10 Å². The number of fused-ring (bicyclic) bond motifs is 1. The average Bonchev–Trinajstić information content (AvgIpc) is 3.15. The lowest BCUT2D eigenvalue weighted by atomic mass is 9.84. The lowest BCUT2D eigenvalue weighted by molar-refractivity contribution is 0.0195. The molecule has 1 fully saturated rings. The van der Waals surface area contributed by atoms with Gasteiger partial charge in [-0.2, -0.15) is 15.2 Å². The molecule has 1 saturated carbocycles. The Kier molecular flexibility index (Phi) is 5.38. The summed E-state index contributed by atoms with van der Waals surface area (Å²) in [5, 5.41) is 29.4. The number of aliphatic hydroxyl groups is 1. The molecule has 1 aliphatic rings. The van der Waals surface area contributed by atoms with Gasteiger partial charge in [0.1, 0.15) is 11.2 Å². The van der Waals surface area contributed by atoms with Crippen molar-refractivity contribution in [2.24, 2.45) is 10.2 Å². The van der Waals surface area contributed by atoms with Crippen LogP contribution in [0.2, 0.25) is 0 Å². The molecule has 1 aliphatic carbocycles. The summed E-state index contributed by atoms with van der Waals surface area (Å²) in [4.78, 5) is 9.40. The van der Waals surface area contributed by atoms with Gasteiger partial charge in [-0.25, -0.2) is 4.52 Å². The fraction of sp³-hybridized carbons (Fsp3) is 0.476. The highest BCUT2D eigenvalue weighted by atomic mass is 16.3. The van der Waals surface area contributed by atoms with E-state index >= 15 is 0 Å². The summed E-state index contributed by atoms with van der Waals surface area (Å²) in [7, 11) is 3.50. The van der Waals surface area contributed by atoms with E-state index in [1.54, 1.807) is 7.05 Å². The van der Waals surface area contributed by atoms with Gasteiger partial charge in [-0.1, -0.05) is 0 Å². The molecule has 158 valence electrons. The van der Waals surface area contributed by atoms with Crippen LogP contribution >= 0.6 is 0 Å². The van der Waals surface area contributed by atoms with Crippen molar-refractivity contribution in [3.05, 3.63) is 30.1 Å². The van der Waals surface area contributed by atoms with Crippen LogP contribution in [-0.4, -0.2) is 50.4 Å². The average molecular weight is 409 g/mol. The number of nitrogens with one attached hydrogen (secondary N) is 2. The Bertz CT molecular complexity index is 1080. The highest BCUT2D eigenvalue weighted by Gasteiger charge is 2.29. The Labute approximate surface area is 175 Å². The molecule has 0 aliphatic heterocycles. The minimum atomic E-state index is -0.562. The van der Waals surface area contributed by atoms with Gasteiger partial charge in [0.25, 0.3) is 0 Å². The van der Waals surface area contributed by atoms with Crippen LogP contribution in [-0.2, 0) is 0 Å². The van der Waals surface area contributed by atoms with Crippen LogP contribution in [0.15, 0.2) is 34.6 Å². The third-order valence-electron chi connectivity index (χ3n) is 5.69. The molecule has 0 unspecified atom stereocenters. The molecule has 0 bridgehead atoms. The number of nitrogens with zero attached hydrogens (tertiary/aromatic N) is 6. The zero-order chi connectivity index (χ0) is 21.3. The molecule has 0 saturated heterocycles. The van der Waals surface area contributed by atoms with Gasteiger partial charge in [0, 0.05) is 31.9 Å². The maximum Gasteiger partial charge on any atom is 0.243 e. The van der Waals surface area contributed by atoms with Crippen LogP contribution in [0.25, 0.3) is 16.8 Å². The van der Waals surface area contributed by atoms with Crippen molar-refractivity contribution >= 4 is 23.0 Å². The fourth-order valence-corrected chi connectivity index (χ4v) is 3.95. The van der Waals surface area contributed by atoms with Crippen molar-refractivity contribution in [1.29, 1.82) is 0 Å². The molecule has 0 atom stereocenters. The van der Waals surface area contributed by atoms with Crippen molar-refractivity contribution in [3.63, 3.8) is 0 Å². The number of rotatable bonds is 5. The molecule has 3 aromatic heterocycles. The zero-order valence-corrected chi connectivity index (χ0v) is 17.8. The molecule has 0 aromatic carbocycles. The normalized spacial score (nSPS) is 22.0. The Morgan fingerprint density at radius 3 is 2.63 bits per heavy atom. The SMILES string of the molecule is CN=Nc1ccc(-c2ccn3nc(NC4CCC(C)(O)CC4)nc(NC)c23)nc1C. The van der Waals surface area contributed by atoms with Crippen LogP contribution in [0, 0.1) is 6.92 Å². The molecule has 0 radical (unpaired) electrons. The number of hydrogen-bond acceptors (Lipinski definition) is 8. The first kappa shape index (κ1) is 20.2. The monoisotopic (exact) mass is 408 g/mol. The molecule has 0 spiro atoms. The first-order valence-electron chi connectivity index (χ1n) is 10.2. The summed E-state index contributed by atoms with van der Waals surface area (Å²) < 4.78 is 1.83. The first-order chi connectivity index (χ1) is 14.4. The standard InChI is InChI=1S/C21H28N8O/c1-13-16(27-23-4)5-6-17(24-13)15-9-12-29-18(15)19(22-3)26-20(28-29)25-14-7-10-21(2,30)11-8-14/h5-6,9,12,14,30H,7-8,10-11H2,1-4H3,(H2,22,25,26,28). The molecule has 9 nitrogen and oxygen atoms in total. The zero-order valence-electron chi connectivity index (χ0n) is 17.8. The van der Waals surface area contributed by atoms with Crippen molar-refractivity contribution in [2.45, 2.75) is 51.2 Å². The van der Waals surface area contributed by atoms with Crippen LogP contribution in [0.5, 0.6) is 0 Å². The lowest BCUT2D eigenvalue weighted by Crippen LogP contribution is -2.36. The quantitative estimate of drug-likeness (QED) is 0.551. The fourth-order valence-electron chi connectivity index (χ4n) is 3.95. The Hall–Kier alpha value is -3.07. The second kappa shape index (κ2) is 7.98. The Balaban J connectivity index is 1.66. The molecular weight excluding hydrogens is 380 g/mol. The Morgan fingerprint density at radius 1 is 1.20 bits per heavy atom. The largest absolute Gasteiger partial charge is 0.390 e. The first-order valence-corrected chi connectivity index (χ1v) is 10.2. The highest BCUT2D eigenvalue weighted by Crippen LogP contribution is 2.32. The molecule has 3 N–H and O–H groups in total. The molecular formula is C21H28N8O. The second-order valence-corrected chi connectivity index (χ2v) is 8.07. The van der Waals surface area contributed by atoms with Gasteiger partial charge in [0.05, 0.1) is 17.0 Å². The predicted molar refractivity (Wildman–Crippen MR) is 117 cm³/mol. The minimum absolute atomic E-state index is 0.256. The third kappa shape index (κ3) is 3.97. The molecule has 3 aromatic rings. The van der Waals surface area contributed by atoms with Crippen molar-refractivity contribution in [3.8, 4) is 11.3 Å². The van der Waals surface area contributed by atoms with Gasteiger partial charge in [-0.05, 0) is 57.7 Å². The topological polar surface area (TPSA) is 112 Å². The summed E-state index contributed by atoms with van der Waals surface area (Å²) in [6.07, 6.45) is 5.26. The minimum Gasteiger partial charge on any atom is -0.390 e. The summed E-state index contributed by atoms with van der Waals surface area (Å²) in [6.45, 7) is 3.82. The van der Waals surface area contributed by atoms with Crippen LogP contribution in [0.3, 0.4) is 0 Å². The number of pyridine rings is 1. The van der Waals surface area contributed by atoms with Gasteiger partial charge >= 0.3 is 0 Å². The van der Waals surface area contributed by atoms with Gasteiger partial charge in [0.2, 0.25) is 5.95 Å². The van der Waals surface area contributed by atoms with Crippen molar-refractivity contribution < 1.29 is 5.11 Å². The number of aromatic nitrogens is 4. The number of aryl methyl sites for hydroxylation is 1. The number of anilines is 2. The van der Waals surface area contributed by atoms with Crippen molar-refractivity contribution in [2.75, 3.05) is 24.7 Å². The van der Waals surface area contributed by atoms with E-state index in [0.29, 0.717) is 5.95 Å². The van der Waals surface area contributed by atoms with E-state index < -0.39 is 5.60 Å². The van der Waals surface area contributed by atoms with E-state index in [0.717, 1.165) is 59.7 Å². The molecule has 9 heteroatoms. The van der Waals surface area contributed by atoms with E-state index in [1.165, 1.54) is 0 Å². The molecule has 4 rings (SSSR count). The smallest absolute Gasteiger partial charge is 0.243 e. The molecule has 0 amide bonds. The maximum absolute atomic E-state index is 10.2. The van der Waals surface area contributed by atoms with E-state index in [1.807, 2.05) is 49.8 Å². The Morgan fingerprint density at radius 2 is 1.97 bits per heavy atom. The molecule has 3 heterocycles. The van der Waals surface area contributed by atoms with E-state index in [-0.39, 0.29) is 6.04 Å². The lowest BCUT2D eigenvalue weighted by Gasteiger charge is -2.33. The maximum atomic E-state index is 10.2. The summed E-state index contributed by atoms with van der Waals surface area (Å²) in [5.41, 5.74) is 3.66. The summed E-state index contributed by atoms with van der Waals surface area (Å²) in [6, 6.07) is 6.11. The summed E-state index contributed by atoms with van der Waals surface area (Å²) >= 11 is 0. The van der Waals surface area contributed by atoms with Gasteiger partial charge < -0.3 is 15.7 Å². The predicted octanol–water partition coefficient (Wildman–Crippen LogP) is 3.96. The van der Waals surface area contributed by atoms with Crippen molar-refractivity contribution in [1.82, 2.24) is 19.6 Å². The number of hydrogen-bond donors (Lipinski definition) is 3. The third-order valence-corrected chi connectivity index (χ3v) is 5.69. The summed E-state index contributed by atoms with van der Waals surface area (Å²) in [5.74, 6) is 1.30. The van der Waals surface area contributed by atoms with E-state index in [9.17, 15) is 5.11 Å². The highest BCUT2D eigenvalue weighted by molar-refractivity contribution is 5.87.